The van der Waals surface area contributed by atoms with E-state index in [2.05, 4.69) is 22.0 Å². The molecule has 2 aliphatic heterocycles. The summed E-state index contributed by atoms with van der Waals surface area (Å²) in [5.74, 6) is 1.04. The standard InChI is InChI=1S/C24H27BrN2O3/c25-14-3-17-30-21-9-6-19(7-10-21)24(29)26-15-12-20(13-16-26)27-22-5-2-1-4-18(22)8-11-23(27)28/h1-2,4-7,9-10,20H,3,8,11-17H2. The van der Waals surface area contributed by atoms with Crippen LogP contribution in [0.5, 0.6) is 5.75 Å². The van der Waals surface area contributed by atoms with E-state index in [1.54, 1.807) is 0 Å². The Morgan fingerprint density at radius 2 is 1.77 bits per heavy atom. The molecule has 2 amide bonds. The molecule has 6 heteroatoms. The molecule has 0 aromatic heterocycles. The second-order valence-electron chi connectivity index (χ2n) is 7.83. The number of amides is 2. The van der Waals surface area contributed by atoms with Crippen molar-refractivity contribution in [3.05, 3.63) is 59.7 Å². The summed E-state index contributed by atoms with van der Waals surface area (Å²) in [6, 6.07) is 15.7. The summed E-state index contributed by atoms with van der Waals surface area (Å²) in [6.45, 7) is 1.99. The van der Waals surface area contributed by atoms with E-state index < -0.39 is 0 Å². The Bertz CT molecular complexity index is 892. The fourth-order valence-electron chi connectivity index (χ4n) is 4.30. The molecule has 30 heavy (non-hydrogen) atoms. The molecule has 0 atom stereocenters. The maximum absolute atomic E-state index is 12.9. The van der Waals surface area contributed by atoms with Crippen molar-refractivity contribution in [2.45, 2.75) is 38.1 Å². The first-order chi connectivity index (χ1) is 14.7. The molecule has 0 bridgehead atoms. The molecule has 0 spiro atoms. The average Bonchev–Trinajstić information content (AvgIpc) is 2.79. The molecule has 0 saturated carbocycles. The molecule has 2 aromatic rings. The smallest absolute Gasteiger partial charge is 0.253 e. The van der Waals surface area contributed by atoms with Crippen LogP contribution >= 0.6 is 15.9 Å². The molecule has 1 fully saturated rings. The molecule has 1 saturated heterocycles. The van der Waals surface area contributed by atoms with E-state index >= 15 is 0 Å². The highest BCUT2D eigenvalue weighted by atomic mass is 79.9. The minimum Gasteiger partial charge on any atom is -0.494 e. The van der Waals surface area contributed by atoms with Gasteiger partial charge in [0.25, 0.3) is 5.91 Å². The molecule has 0 radical (unpaired) electrons. The van der Waals surface area contributed by atoms with Crippen LogP contribution in [0.1, 0.15) is 41.6 Å². The average molecular weight is 471 g/mol. The van der Waals surface area contributed by atoms with Crippen LogP contribution in [0.25, 0.3) is 0 Å². The zero-order chi connectivity index (χ0) is 20.9. The second-order valence-corrected chi connectivity index (χ2v) is 8.62. The molecular weight excluding hydrogens is 444 g/mol. The van der Waals surface area contributed by atoms with Gasteiger partial charge in [-0.25, -0.2) is 0 Å². The van der Waals surface area contributed by atoms with Crippen LogP contribution in [-0.4, -0.2) is 47.8 Å². The van der Waals surface area contributed by atoms with Gasteiger partial charge in [0.15, 0.2) is 0 Å². The summed E-state index contributed by atoms with van der Waals surface area (Å²) < 4.78 is 5.65. The number of piperidine rings is 1. The van der Waals surface area contributed by atoms with Crippen LogP contribution in [0.3, 0.4) is 0 Å². The molecule has 158 valence electrons. The highest BCUT2D eigenvalue weighted by molar-refractivity contribution is 9.09. The number of hydrogen-bond donors (Lipinski definition) is 0. The molecule has 0 aliphatic carbocycles. The normalized spacial score (nSPS) is 17.0. The number of likely N-dealkylation sites (tertiary alicyclic amines) is 1. The van der Waals surface area contributed by atoms with Crippen molar-refractivity contribution in [2.24, 2.45) is 0 Å². The Hall–Kier alpha value is -2.34. The summed E-state index contributed by atoms with van der Waals surface area (Å²) in [4.78, 5) is 29.5. The number of carbonyl (C=O) groups is 2. The van der Waals surface area contributed by atoms with E-state index in [-0.39, 0.29) is 17.9 Å². The van der Waals surface area contributed by atoms with Crippen molar-refractivity contribution >= 4 is 33.4 Å². The molecule has 4 rings (SSSR count). The van der Waals surface area contributed by atoms with Gasteiger partial charge in [-0.05, 0) is 61.6 Å². The summed E-state index contributed by atoms with van der Waals surface area (Å²) in [5.41, 5.74) is 2.98. The molecule has 0 unspecified atom stereocenters. The third-order valence-electron chi connectivity index (χ3n) is 5.89. The third kappa shape index (κ3) is 4.53. The fraction of sp³-hybridized carbons (Fsp3) is 0.417. The van der Waals surface area contributed by atoms with Crippen LogP contribution < -0.4 is 9.64 Å². The Morgan fingerprint density at radius 3 is 2.50 bits per heavy atom. The number of fused-ring (bicyclic) bond motifs is 1. The van der Waals surface area contributed by atoms with E-state index in [0.717, 1.165) is 42.5 Å². The Labute approximate surface area is 186 Å². The van der Waals surface area contributed by atoms with E-state index in [9.17, 15) is 9.59 Å². The number of para-hydroxylation sites is 1. The summed E-state index contributed by atoms with van der Waals surface area (Å²) >= 11 is 3.39. The Morgan fingerprint density at radius 1 is 1.03 bits per heavy atom. The topological polar surface area (TPSA) is 49.9 Å². The van der Waals surface area contributed by atoms with E-state index in [0.29, 0.717) is 31.7 Å². The van der Waals surface area contributed by atoms with E-state index in [1.807, 2.05) is 52.3 Å². The highest BCUT2D eigenvalue weighted by Gasteiger charge is 2.33. The number of hydrogen-bond acceptors (Lipinski definition) is 3. The monoisotopic (exact) mass is 470 g/mol. The largest absolute Gasteiger partial charge is 0.494 e. The SMILES string of the molecule is O=C(c1ccc(OCCCBr)cc1)N1CCC(N2C(=O)CCc3ccccc32)CC1. The minimum absolute atomic E-state index is 0.0471. The lowest BCUT2D eigenvalue weighted by atomic mass is 9.95. The van der Waals surface area contributed by atoms with Crippen molar-refractivity contribution < 1.29 is 14.3 Å². The van der Waals surface area contributed by atoms with Crippen LogP contribution in [0.4, 0.5) is 5.69 Å². The molecule has 0 N–H and O–H groups in total. The third-order valence-corrected chi connectivity index (χ3v) is 6.45. The van der Waals surface area contributed by atoms with Gasteiger partial charge in [0, 0.05) is 42.1 Å². The molecule has 2 aliphatic rings. The van der Waals surface area contributed by atoms with Gasteiger partial charge in [0.1, 0.15) is 5.75 Å². The van der Waals surface area contributed by atoms with Crippen molar-refractivity contribution in [3.63, 3.8) is 0 Å². The predicted molar refractivity (Wildman–Crippen MR) is 122 cm³/mol. The van der Waals surface area contributed by atoms with Crippen molar-refractivity contribution in [3.8, 4) is 5.75 Å². The number of ether oxygens (including phenoxy) is 1. The van der Waals surface area contributed by atoms with Gasteiger partial charge in [-0.3, -0.25) is 9.59 Å². The number of halogens is 1. The molecule has 5 nitrogen and oxygen atoms in total. The number of aryl methyl sites for hydroxylation is 1. The summed E-state index contributed by atoms with van der Waals surface area (Å²) in [6.07, 6.45) is 3.94. The lowest BCUT2D eigenvalue weighted by molar-refractivity contribution is -0.119. The lowest BCUT2D eigenvalue weighted by Crippen LogP contribution is -2.50. The van der Waals surface area contributed by atoms with Crippen LogP contribution in [0.15, 0.2) is 48.5 Å². The van der Waals surface area contributed by atoms with Gasteiger partial charge >= 0.3 is 0 Å². The number of nitrogens with zero attached hydrogens (tertiary/aromatic N) is 2. The van der Waals surface area contributed by atoms with E-state index in [4.69, 9.17) is 4.74 Å². The quantitative estimate of drug-likeness (QED) is 0.463. The predicted octanol–water partition coefficient (Wildman–Crippen LogP) is 4.43. The van der Waals surface area contributed by atoms with Gasteiger partial charge in [0.2, 0.25) is 5.91 Å². The maximum Gasteiger partial charge on any atom is 0.253 e. The highest BCUT2D eigenvalue weighted by Crippen LogP contribution is 2.32. The van der Waals surface area contributed by atoms with Crippen molar-refractivity contribution in [1.29, 1.82) is 0 Å². The van der Waals surface area contributed by atoms with Gasteiger partial charge < -0.3 is 14.5 Å². The zero-order valence-electron chi connectivity index (χ0n) is 17.1. The molecule has 2 aromatic carbocycles. The Kier molecular flexibility index (Phi) is 6.72. The fourth-order valence-corrected chi connectivity index (χ4v) is 4.53. The van der Waals surface area contributed by atoms with Gasteiger partial charge in [-0.1, -0.05) is 34.1 Å². The van der Waals surface area contributed by atoms with Gasteiger partial charge in [-0.15, -0.1) is 0 Å². The van der Waals surface area contributed by atoms with Crippen molar-refractivity contribution in [2.75, 3.05) is 29.9 Å². The minimum atomic E-state index is 0.0471. The first-order valence-electron chi connectivity index (χ1n) is 10.7. The van der Waals surface area contributed by atoms with Crippen molar-refractivity contribution in [1.82, 2.24) is 4.90 Å². The van der Waals surface area contributed by atoms with Gasteiger partial charge in [-0.2, -0.15) is 0 Å². The lowest BCUT2D eigenvalue weighted by Gasteiger charge is -2.41. The first-order valence-corrected chi connectivity index (χ1v) is 11.8. The number of rotatable bonds is 6. The molecule has 2 heterocycles. The number of anilines is 1. The number of carbonyl (C=O) groups excluding carboxylic acids is 2. The van der Waals surface area contributed by atoms with Crippen LogP contribution in [0.2, 0.25) is 0 Å². The zero-order valence-corrected chi connectivity index (χ0v) is 18.6. The summed E-state index contributed by atoms with van der Waals surface area (Å²) in [5, 5.41) is 0.911. The Balaban J connectivity index is 1.36. The van der Waals surface area contributed by atoms with Crippen LogP contribution in [-0.2, 0) is 11.2 Å². The van der Waals surface area contributed by atoms with Crippen LogP contribution in [0, 0.1) is 0 Å². The maximum atomic E-state index is 12.9. The molecular formula is C24H27BrN2O3. The van der Waals surface area contributed by atoms with E-state index in [1.165, 1.54) is 5.56 Å². The number of benzene rings is 2. The number of alkyl halides is 1. The second kappa shape index (κ2) is 9.65. The first kappa shape index (κ1) is 20.9. The summed E-state index contributed by atoms with van der Waals surface area (Å²) in [7, 11) is 0. The van der Waals surface area contributed by atoms with Gasteiger partial charge in [0.05, 0.1) is 6.61 Å².